The van der Waals surface area contributed by atoms with Crippen LogP contribution in [0.2, 0.25) is 0 Å². The van der Waals surface area contributed by atoms with Gasteiger partial charge in [0.25, 0.3) is 5.91 Å². The molecule has 0 aliphatic rings. The molecule has 4 aromatic rings. The zero-order chi connectivity index (χ0) is 23.8. The van der Waals surface area contributed by atoms with Gasteiger partial charge in [-0.25, -0.2) is 4.98 Å². The number of nitrogens with zero attached hydrogens (tertiary/aromatic N) is 2. The average molecular weight is 470 g/mol. The van der Waals surface area contributed by atoms with E-state index < -0.39 is 12.1 Å². The van der Waals surface area contributed by atoms with Crippen molar-refractivity contribution in [3.05, 3.63) is 119 Å². The SMILES string of the molecule is Cc1cc(O[C@@H](NC(=O)c2ccccc2)C(=O)c2ccccc2)nc(SCc2ccccc2)n1. The summed E-state index contributed by atoms with van der Waals surface area (Å²) < 4.78 is 5.95. The fourth-order valence-electron chi connectivity index (χ4n) is 3.18. The molecule has 1 amide bonds. The summed E-state index contributed by atoms with van der Waals surface area (Å²) in [7, 11) is 0. The summed E-state index contributed by atoms with van der Waals surface area (Å²) in [5.74, 6) is 0.116. The molecule has 0 spiro atoms. The summed E-state index contributed by atoms with van der Waals surface area (Å²) in [4.78, 5) is 34.9. The highest BCUT2D eigenvalue weighted by Gasteiger charge is 2.25. The Morgan fingerprint density at radius 1 is 0.853 bits per heavy atom. The van der Waals surface area contributed by atoms with Crippen LogP contribution in [0.3, 0.4) is 0 Å². The number of amides is 1. The maximum Gasteiger partial charge on any atom is 0.254 e. The van der Waals surface area contributed by atoms with E-state index in [2.05, 4.69) is 15.3 Å². The molecule has 1 aromatic heterocycles. The van der Waals surface area contributed by atoms with Crippen LogP contribution in [0.5, 0.6) is 5.88 Å². The summed E-state index contributed by atoms with van der Waals surface area (Å²) in [6.07, 6.45) is -1.25. The van der Waals surface area contributed by atoms with Crippen LogP contribution >= 0.6 is 11.8 Å². The third kappa shape index (κ3) is 6.30. The average Bonchev–Trinajstić information content (AvgIpc) is 2.88. The number of hydrogen-bond acceptors (Lipinski definition) is 6. The predicted octanol–water partition coefficient (Wildman–Crippen LogP) is 5.10. The first-order valence-electron chi connectivity index (χ1n) is 10.7. The second-order valence-corrected chi connectivity index (χ2v) is 8.41. The number of ketones is 1. The largest absolute Gasteiger partial charge is 0.446 e. The van der Waals surface area contributed by atoms with Crippen molar-refractivity contribution in [1.82, 2.24) is 15.3 Å². The molecule has 4 rings (SSSR count). The van der Waals surface area contributed by atoms with Gasteiger partial charge in [-0.15, -0.1) is 0 Å². The number of thioether (sulfide) groups is 1. The zero-order valence-electron chi connectivity index (χ0n) is 18.5. The van der Waals surface area contributed by atoms with Crippen LogP contribution in [0.1, 0.15) is 32.0 Å². The van der Waals surface area contributed by atoms with Crippen molar-refractivity contribution in [2.24, 2.45) is 0 Å². The molecule has 0 saturated carbocycles. The predicted molar refractivity (Wildman–Crippen MR) is 132 cm³/mol. The van der Waals surface area contributed by atoms with Crippen molar-refractivity contribution in [1.29, 1.82) is 0 Å². The molecule has 3 aromatic carbocycles. The van der Waals surface area contributed by atoms with Crippen molar-refractivity contribution in [3.63, 3.8) is 0 Å². The number of hydrogen-bond donors (Lipinski definition) is 1. The first-order chi connectivity index (χ1) is 16.6. The number of Topliss-reactive ketones (excluding diaryl/α,β-unsaturated/α-hetero) is 1. The van der Waals surface area contributed by atoms with Crippen LogP contribution in [0.25, 0.3) is 0 Å². The monoisotopic (exact) mass is 469 g/mol. The molecule has 6 nitrogen and oxygen atoms in total. The first kappa shape index (κ1) is 23.2. The molecular formula is C27H23N3O3S. The van der Waals surface area contributed by atoms with Gasteiger partial charge in [-0.2, -0.15) is 4.98 Å². The maximum absolute atomic E-state index is 13.2. The Balaban J connectivity index is 1.56. The van der Waals surface area contributed by atoms with E-state index in [1.54, 1.807) is 54.6 Å². The minimum absolute atomic E-state index is 0.214. The molecular weight excluding hydrogens is 446 g/mol. The summed E-state index contributed by atoms with van der Waals surface area (Å²) in [6, 6.07) is 29.0. The van der Waals surface area contributed by atoms with Crippen LogP contribution < -0.4 is 10.1 Å². The van der Waals surface area contributed by atoms with Crippen molar-refractivity contribution in [3.8, 4) is 5.88 Å². The Kier molecular flexibility index (Phi) is 7.67. The lowest BCUT2D eigenvalue weighted by molar-refractivity contribution is 0.0648. The van der Waals surface area contributed by atoms with E-state index in [4.69, 9.17) is 4.74 Å². The molecule has 0 unspecified atom stereocenters. The number of benzene rings is 3. The number of aryl methyl sites for hydroxylation is 1. The molecule has 0 fully saturated rings. The van der Waals surface area contributed by atoms with Crippen molar-refractivity contribution < 1.29 is 14.3 Å². The van der Waals surface area contributed by atoms with Gasteiger partial charge in [-0.1, -0.05) is 90.6 Å². The highest BCUT2D eigenvalue weighted by molar-refractivity contribution is 7.98. The number of carbonyl (C=O) groups is 2. The van der Waals surface area contributed by atoms with Gasteiger partial charge in [-0.05, 0) is 24.6 Å². The van der Waals surface area contributed by atoms with Gasteiger partial charge in [0.15, 0.2) is 5.16 Å². The van der Waals surface area contributed by atoms with Gasteiger partial charge in [0.2, 0.25) is 17.9 Å². The standard InChI is InChI=1S/C27H23N3O3S/c1-19-17-23(29-27(28-19)34-18-20-11-5-2-6-12-20)33-26(24(31)21-13-7-3-8-14-21)30-25(32)22-15-9-4-10-16-22/h2-17,26H,18H2,1H3,(H,30,32)/t26-/m1/s1. The van der Waals surface area contributed by atoms with E-state index in [-0.39, 0.29) is 11.7 Å². The second kappa shape index (κ2) is 11.2. The first-order valence-corrected chi connectivity index (χ1v) is 11.7. The molecule has 34 heavy (non-hydrogen) atoms. The van der Waals surface area contributed by atoms with Crippen LogP contribution in [-0.4, -0.2) is 27.9 Å². The Hall–Kier alpha value is -3.97. The smallest absolute Gasteiger partial charge is 0.254 e. The molecule has 0 aliphatic carbocycles. The summed E-state index contributed by atoms with van der Waals surface area (Å²) in [6.45, 7) is 1.83. The fraction of sp³-hybridized carbons (Fsp3) is 0.111. The zero-order valence-corrected chi connectivity index (χ0v) is 19.4. The van der Waals surface area contributed by atoms with E-state index in [9.17, 15) is 9.59 Å². The Morgan fingerprint density at radius 3 is 2.09 bits per heavy atom. The van der Waals surface area contributed by atoms with E-state index in [0.717, 1.165) is 5.56 Å². The quantitative estimate of drug-likeness (QED) is 0.159. The molecule has 1 heterocycles. The highest BCUT2D eigenvalue weighted by atomic mass is 32.2. The summed E-state index contributed by atoms with van der Waals surface area (Å²) >= 11 is 1.47. The lowest BCUT2D eigenvalue weighted by atomic mass is 10.1. The van der Waals surface area contributed by atoms with Crippen molar-refractivity contribution in [2.45, 2.75) is 24.1 Å². The summed E-state index contributed by atoms with van der Waals surface area (Å²) in [5.41, 5.74) is 2.69. The second-order valence-electron chi connectivity index (χ2n) is 7.47. The third-order valence-electron chi connectivity index (χ3n) is 4.85. The third-order valence-corrected chi connectivity index (χ3v) is 5.77. The molecule has 0 bridgehead atoms. The normalized spacial score (nSPS) is 11.4. The van der Waals surface area contributed by atoms with E-state index in [1.807, 2.05) is 49.4 Å². The number of nitrogens with one attached hydrogen (secondary N) is 1. The van der Waals surface area contributed by atoms with Gasteiger partial charge in [0.05, 0.1) is 0 Å². The maximum atomic E-state index is 13.2. The number of ether oxygens (including phenoxy) is 1. The van der Waals surface area contributed by atoms with Gasteiger partial charge in [-0.3, -0.25) is 9.59 Å². The van der Waals surface area contributed by atoms with E-state index >= 15 is 0 Å². The van der Waals surface area contributed by atoms with Crippen molar-refractivity contribution in [2.75, 3.05) is 0 Å². The minimum atomic E-state index is -1.25. The number of aromatic nitrogens is 2. The molecule has 0 saturated heterocycles. The van der Waals surface area contributed by atoms with E-state index in [0.29, 0.717) is 27.7 Å². The molecule has 1 atom stereocenters. The topological polar surface area (TPSA) is 81.2 Å². The van der Waals surface area contributed by atoms with Crippen LogP contribution in [0.4, 0.5) is 0 Å². The Morgan fingerprint density at radius 2 is 1.44 bits per heavy atom. The minimum Gasteiger partial charge on any atom is -0.446 e. The molecule has 0 aliphatic heterocycles. The van der Waals surface area contributed by atoms with Gasteiger partial charge in [0.1, 0.15) is 0 Å². The molecule has 7 heteroatoms. The van der Waals surface area contributed by atoms with Gasteiger partial charge < -0.3 is 10.1 Å². The lowest BCUT2D eigenvalue weighted by Crippen LogP contribution is -2.45. The fourth-order valence-corrected chi connectivity index (χ4v) is 4.03. The number of rotatable bonds is 9. The van der Waals surface area contributed by atoms with Crippen LogP contribution in [0.15, 0.2) is 102 Å². The van der Waals surface area contributed by atoms with E-state index in [1.165, 1.54) is 11.8 Å². The molecule has 0 radical (unpaired) electrons. The molecule has 170 valence electrons. The Bertz CT molecular complexity index is 1250. The van der Waals surface area contributed by atoms with Crippen LogP contribution in [-0.2, 0) is 5.75 Å². The molecule has 1 N–H and O–H groups in total. The highest BCUT2D eigenvalue weighted by Crippen LogP contribution is 2.23. The number of carbonyl (C=O) groups excluding carboxylic acids is 2. The summed E-state index contributed by atoms with van der Waals surface area (Å²) in [5, 5.41) is 3.23. The van der Waals surface area contributed by atoms with Gasteiger partial charge >= 0.3 is 0 Å². The van der Waals surface area contributed by atoms with Crippen molar-refractivity contribution >= 4 is 23.5 Å². The van der Waals surface area contributed by atoms with Crippen LogP contribution in [0, 0.1) is 6.92 Å². The Labute approximate surface area is 202 Å². The van der Waals surface area contributed by atoms with Gasteiger partial charge in [0, 0.05) is 28.6 Å². The lowest BCUT2D eigenvalue weighted by Gasteiger charge is -2.19.